The lowest BCUT2D eigenvalue weighted by molar-refractivity contribution is 0.219. The second-order valence-electron chi connectivity index (χ2n) is 2.78. The maximum absolute atomic E-state index is 8.64. The smallest absolute Gasteiger partial charge is 0.0899 e. The summed E-state index contributed by atoms with van der Waals surface area (Å²) in [6.45, 7) is 6.04. The Labute approximate surface area is 79.5 Å². The van der Waals surface area contributed by atoms with Gasteiger partial charge in [0.05, 0.1) is 11.0 Å². The molecule has 0 bridgehead atoms. The second kappa shape index (κ2) is 6.34. The second-order valence-corrected chi connectivity index (χ2v) is 3.26. The van der Waals surface area contributed by atoms with E-state index < -0.39 is 0 Å². The molecule has 0 aromatic carbocycles. The van der Waals surface area contributed by atoms with Gasteiger partial charge in [-0.1, -0.05) is 19.1 Å². The molecule has 0 saturated heterocycles. The molecule has 3 N–H and O–H groups in total. The van der Waals surface area contributed by atoms with Gasteiger partial charge in [-0.05, 0) is 19.9 Å². The van der Waals surface area contributed by atoms with Crippen LogP contribution in [0.4, 0.5) is 0 Å². The average Bonchev–Trinajstić information content (AvgIpc) is 2.05. The predicted octanol–water partition coefficient (Wildman–Crippen LogP) is 0.365. The molecule has 0 amide bonds. The number of likely N-dealkylation sites (N-methyl/N-ethyl adjacent to an activating group) is 1. The molecule has 0 saturated carbocycles. The molecule has 0 heterocycles. The van der Waals surface area contributed by atoms with E-state index in [1.54, 1.807) is 0 Å². The molecule has 3 nitrogen and oxygen atoms in total. The molecule has 0 fully saturated rings. The van der Waals surface area contributed by atoms with Crippen molar-refractivity contribution in [1.82, 2.24) is 4.90 Å². The van der Waals surface area contributed by atoms with Gasteiger partial charge in [0.2, 0.25) is 0 Å². The topological polar surface area (TPSA) is 49.5 Å². The Morgan fingerprint density at radius 3 is 2.58 bits per heavy atom. The van der Waals surface area contributed by atoms with Crippen LogP contribution in [-0.4, -0.2) is 40.7 Å². The van der Waals surface area contributed by atoms with E-state index in [1.165, 1.54) is 0 Å². The Balaban J connectivity index is 3.87. The molecule has 0 radical (unpaired) electrons. The van der Waals surface area contributed by atoms with Crippen molar-refractivity contribution in [3.8, 4) is 0 Å². The Kier molecular flexibility index (Phi) is 6.24. The summed E-state index contributed by atoms with van der Waals surface area (Å²) < 4.78 is 0. The van der Waals surface area contributed by atoms with Gasteiger partial charge < -0.3 is 10.8 Å². The molecule has 0 rings (SSSR count). The van der Waals surface area contributed by atoms with E-state index in [1.807, 2.05) is 6.92 Å². The minimum absolute atomic E-state index is 0.136. The Morgan fingerprint density at radius 2 is 2.25 bits per heavy atom. The lowest BCUT2D eigenvalue weighted by Crippen LogP contribution is -2.42. The third kappa shape index (κ3) is 3.99. The molecule has 72 valence electrons. The van der Waals surface area contributed by atoms with E-state index in [2.05, 4.69) is 11.8 Å². The number of nitrogens with zero attached hydrogens (tertiary/aromatic N) is 1. The number of nitrogens with two attached hydrogens (primary N) is 1. The standard InChI is InChI=1S/C8H18N2OS/c1-3-10(5-4-6-11)7(2)8(9)12/h7,11H,3-6H2,1-2H3,(H2,9,12). The van der Waals surface area contributed by atoms with Crippen LogP contribution in [0, 0.1) is 0 Å². The zero-order chi connectivity index (χ0) is 9.56. The van der Waals surface area contributed by atoms with E-state index in [9.17, 15) is 0 Å². The van der Waals surface area contributed by atoms with Crippen molar-refractivity contribution < 1.29 is 5.11 Å². The number of hydrogen-bond donors (Lipinski definition) is 2. The summed E-state index contributed by atoms with van der Waals surface area (Å²) in [5.41, 5.74) is 5.51. The number of aliphatic hydroxyl groups excluding tert-OH is 1. The van der Waals surface area contributed by atoms with Gasteiger partial charge in [-0.25, -0.2) is 0 Å². The summed E-state index contributed by atoms with van der Waals surface area (Å²) in [5, 5.41) is 8.64. The summed E-state index contributed by atoms with van der Waals surface area (Å²) >= 11 is 4.88. The van der Waals surface area contributed by atoms with Gasteiger partial charge in [0, 0.05) is 13.2 Å². The van der Waals surface area contributed by atoms with Crippen molar-refractivity contribution in [2.75, 3.05) is 19.7 Å². The number of hydrogen-bond acceptors (Lipinski definition) is 3. The maximum atomic E-state index is 8.64. The number of aliphatic hydroxyl groups is 1. The fourth-order valence-corrected chi connectivity index (χ4v) is 1.23. The van der Waals surface area contributed by atoms with Gasteiger partial charge in [-0.15, -0.1) is 0 Å². The Morgan fingerprint density at radius 1 is 1.67 bits per heavy atom. The van der Waals surface area contributed by atoms with Crippen molar-refractivity contribution >= 4 is 17.2 Å². The third-order valence-electron chi connectivity index (χ3n) is 1.97. The first-order chi connectivity index (χ1) is 5.63. The average molecular weight is 190 g/mol. The zero-order valence-electron chi connectivity index (χ0n) is 7.79. The van der Waals surface area contributed by atoms with Gasteiger partial charge >= 0.3 is 0 Å². The Hall–Kier alpha value is -0.190. The SMILES string of the molecule is CCN(CCCO)C(C)C(N)=S. The van der Waals surface area contributed by atoms with Crippen LogP contribution >= 0.6 is 12.2 Å². The molecule has 0 aromatic rings. The van der Waals surface area contributed by atoms with Crippen LogP contribution in [-0.2, 0) is 0 Å². The maximum Gasteiger partial charge on any atom is 0.0899 e. The van der Waals surface area contributed by atoms with Crippen molar-refractivity contribution in [1.29, 1.82) is 0 Å². The van der Waals surface area contributed by atoms with Gasteiger partial charge in [-0.2, -0.15) is 0 Å². The molecule has 1 unspecified atom stereocenters. The van der Waals surface area contributed by atoms with Gasteiger partial charge in [0.15, 0.2) is 0 Å². The van der Waals surface area contributed by atoms with Gasteiger partial charge in [0.25, 0.3) is 0 Å². The molecule has 1 atom stereocenters. The van der Waals surface area contributed by atoms with Crippen LogP contribution in [0.2, 0.25) is 0 Å². The highest BCUT2D eigenvalue weighted by Crippen LogP contribution is 1.99. The minimum atomic E-state index is 0.136. The summed E-state index contributed by atoms with van der Waals surface area (Å²) in [6.07, 6.45) is 0.779. The van der Waals surface area contributed by atoms with Gasteiger partial charge in [-0.3, -0.25) is 4.90 Å². The fraction of sp³-hybridized carbons (Fsp3) is 0.875. The van der Waals surface area contributed by atoms with E-state index in [4.69, 9.17) is 23.1 Å². The molecule has 0 aromatic heterocycles. The lowest BCUT2D eigenvalue weighted by Gasteiger charge is -2.26. The molecule has 12 heavy (non-hydrogen) atoms. The molecule has 0 aliphatic carbocycles. The predicted molar refractivity (Wildman–Crippen MR) is 55.2 cm³/mol. The highest BCUT2D eigenvalue weighted by atomic mass is 32.1. The third-order valence-corrected chi connectivity index (χ3v) is 2.31. The fourth-order valence-electron chi connectivity index (χ4n) is 1.08. The lowest BCUT2D eigenvalue weighted by atomic mass is 10.2. The van der Waals surface area contributed by atoms with E-state index >= 15 is 0 Å². The summed E-state index contributed by atoms with van der Waals surface area (Å²) in [5.74, 6) is 0. The highest BCUT2D eigenvalue weighted by Gasteiger charge is 2.12. The summed E-state index contributed by atoms with van der Waals surface area (Å²) in [4.78, 5) is 2.67. The largest absolute Gasteiger partial charge is 0.396 e. The first-order valence-corrected chi connectivity index (χ1v) is 4.68. The van der Waals surface area contributed by atoms with E-state index in [-0.39, 0.29) is 12.6 Å². The summed E-state index contributed by atoms with van der Waals surface area (Å²) in [6, 6.07) is 0.136. The van der Waals surface area contributed by atoms with Crippen LogP contribution < -0.4 is 5.73 Å². The number of rotatable bonds is 6. The number of thiocarbonyl (C=S) groups is 1. The zero-order valence-corrected chi connectivity index (χ0v) is 8.60. The van der Waals surface area contributed by atoms with E-state index in [0.29, 0.717) is 4.99 Å². The van der Waals surface area contributed by atoms with Crippen LogP contribution in [0.3, 0.4) is 0 Å². The highest BCUT2D eigenvalue weighted by molar-refractivity contribution is 7.80. The summed E-state index contributed by atoms with van der Waals surface area (Å²) in [7, 11) is 0. The van der Waals surface area contributed by atoms with Gasteiger partial charge in [0.1, 0.15) is 0 Å². The van der Waals surface area contributed by atoms with Crippen LogP contribution in [0.1, 0.15) is 20.3 Å². The molecule has 0 aliphatic rings. The van der Waals surface area contributed by atoms with Crippen LogP contribution in [0.5, 0.6) is 0 Å². The van der Waals surface area contributed by atoms with E-state index in [0.717, 1.165) is 19.5 Å². The van der Waals surface area contributed by atoms with Crippen molar-refractivity contribution in [3.63, 3.8) is 0 Å². The van der Waals surface area contributed by atoms with Crippen molar-refractivity contribution in [3.05, 3.63) is 0 Å². The van der Waals surface area contributed by atoms with Crippen molar-refractivity contribution in [2.45, 2.75) is 26.3 Å². The molecule has 0 spiro atoms. The normalized spacial score (nSPS) is 13.3. The quantitative estimate of drug-likeness (QED) is 0.594. The first-order valence-electron chi connectivity index (χ1n) is 4.27. The molecule has 4 heteroatoms. The monoisotopic (exact) mass is 190 g/mol. The van der Waals surface area contributed by atoms with Crippen molar-refractivity contribution in [2.24, 2.45) is 5.73 Å². The minimum Gasteiger partial charge on any atom is -0.396 e. The Bertz CT molecular complexity index is 141. The first kappa shape index (κ1) is 11.8. The molecular weight excluding hydrogens is 172 g/mol. The van der Waals surface area contributed by atoms with Crippen LogP contribution in [0.15, 0.2) is 0 Å². The molecule has 0 aliphatic heterocycles. The van der Waals surface area contributed by atoms with Crippen LogP contribution in [0.25, 0.3) is 0 Å². The molecular formula is C8H18N2OS.